The summed E-state index contributed by atoms with van der Waals surface area (Å²) >= 11 is 3.38. The van der Waals surface area contributed by atoms with Gasteiger partial charge in [0.05, 0.1) is 6.04 Å². The standard InChI is InChI=1S/C12H16BrN3O2/c1-7-9(5-4-6-10(7)13)12(17)16(3)8(2)11(14)15-18/h4-6,8,18H,1-3H3,(H2,14,15). The second kappa shape index (κ2) is 5.86. The Labute approximate surface area is 114 Å². The Hall–Kier alpha value is -1.56. The minimum atomic E-state index is -0.471. The number of carbonyl (C=O) groups is 1. The molecule has 1 unspecified atom stereocenters. The van der Waals surface area contributed by atoms with Crippen LogP contribution < -0.4 is 5.73 Å². The summed E-state index contributed by atoms with van der Waals surface area (Å²) in [6.07, 6.45) is 0. The normalized spacial score (nSPS) is 13.2. The molecule has 0 aliphatic heterocycles. The summed E-state index contributed by atoms with van der Waals surface area (Å²) in [6, 6.07) is 4.95. The molecule has 3 N–H and O–H groups in total. The van der Waals surface area contributed by atoms with E-state index < -0.39 is 6.04 Å². The Morgan fingerprint density at radius 1 is 1.56 bits per heavy atom. The predicted octanol–water partition coefficient (Wildman–Crippen LogP) is 1.96. The summed E-state index contributed by atoms with van der Waals surface area (Å²) < 4.78 is 0.873. The number of nitrogens with zero attached hydrogens (tertiary/aromatic N) is 2. The van der Waals surface area contributed by atoms with Crippen molar-refractivity contribution in [3.63, 3.8) is 0 Å². The number of amides is 1. The Morgan fingerprint density at radius 2 is 2.17 bits per heavy atom. The number of hydrogen-bond donors (Lipinski definition) is 2. The number of rotatable bonds is 3. The average Bonchev–Trinajstić information content (AvgIpc) is 2.38. The maximum atomic E-state index is 12.3. The van der Waals surface area contributed by atoms with Gasteiger partial charge < -0.3 is 15.8 Å². The van der Waals surface area contributed by atoms with Crippen molar-refractivity contribution in [3.8, 4) is 0 Å². The number of amidine groups is 1. The number of hydrogen-bond acceptors (Lipinski definition) is 3. The van der Waals surface area contributed by atoms with Crippen LogP contribution in [0.5, 0.6) is 0 Å². The molecule has 1 aromatic carbocycles. The van der Waals surface area contributed by atoms with Crippen LogP contribution >= 0.6 is 15.9 Å². The van der Waals surface area contributed by atoms with E-state index in [1.165, 1.54) is 4.90 Å². The van der Waals surface area contributed by atoms with Gasteiger partial charge >= 0.3 is 0 Å². The van der Waals surface area contributed by atoms with Crippen molar-refractivity contribution in [2.45, 2.75) is 19.9 Å². The van der Waals surface area contributed by atoms with Crippen LogP contribution in [0.3, 0.4) is 0 Å². The molecular weight excluding hydrogens is 298 g/mol. The number of likely N-dealkylation sites (N-methyl/N-ethyl adjacent to an activating group) is 1. The van der Waals surface area contributed by atoms with E-state index in [2.05, 4.69) is 21.1 Å². The molecule has 1 amide bonds. The quantitative estimate of drug-likeness (QED) is 0.387. The topological polar surface area (TPSA) is 78.9 Å². The largest absolute Gasteiger partial charge is 0.409 e. The highest BCUT2D eigenvalue weighted by atomic mass is 79.9. The Kier molecular flexibility index (Phi) is 4.72. The third kappa shape index (κ3) is 2.81. The van der Waals surface area contributed by atoms with Gasteiger partial charge in [-0.3, -0.25) is 4.79 Å². The zero-order valence-electron chi connectivity index (χ0n) is 10.5. The molecule has 18 heavy (non-hydrogen) atoms. The Morgan fingerprint density at radius 3 is 2.72 bits per heavy atom. The third-order valence-corrected chi connectivity index (χ3v) is 3.80. The smallest absolute Gasteiger partial charge is 0.254 e. The van der Waals surface area contributed by atoms with E-state index in [4.69, 9.17) is 10.9 Å². The summed E-state index contributed by atoms with van der Waals surface area (Å²) in [7, 11) is 1.62. The number of halogens is 1. The van der Waals surface area contributed by atoms with Gasteiger partial charge in [-0.25, -0.2) is 0 Å². The summed E-state index contributed by atoms with van der Waals surface area (Å²) in [5, 5.41) is 11.5. The van der Waals surface area contributed by atoms with E-state index in [0.29, 0.717) is 5.56 Å². The van der Waals surface area contributed by atoms with E-state index in [1.54, 1.807) is 26.1 Å². The van der Waals surface area contributed by atoms with Gasteiger partial charge in [0.25, 0.3) is 5.91 Å². The van der Waals surface area contributed by atoms with Crippen molar-refractivity contribution >= 4 is 27.7 Å². The van der Waals surface area contributed by atoms with E-state index in [1.807, 2.05) is 13.0 Å². The fourth-order valence-corrected chi connectivity index (χ4v) is 1.85. The molecule has 5 nitrogen and oxygen atoms in total. The second-order valence-corrected chi connectivity index (χ2v) is 4.88. The average molecular weight is 314 g/mol. The van der Waals surface area contributed by atoms with Crippen LogP contribution in [-0.4, -0.2) is 34.9 Å². The van der Waals surface area contributed by atoms with Crippen molar-refractivity contribution in [2.75, 3.05) is 7.05 Å². The van der Waals surface area contributed by atoms with Gasteiger partial charge in [0.2, 0.25) is 0 Å². The lowest BCUT2D eigenvalue weighted by atomic mass is 10.1. The molecule has 0 radical (unpaired) electrons. The van der Waals surface area contributed by atoms with Gasteiger partial charge in [-0.05, 0) is 31.5 Å². The number of nitrogens with two attached hydrogens (primary N) is 1. The van der Waals surface area contributed by atoms with Crippen molar-refractivity contribution in [2.24, 2.45) is 10.9 Å². The van der Waals surface area contributed by atoms with E-state index in [-0.39, 0.29) is 11.7 Å². The zero-order chi connectivity index (χ0) is 13.9. The molecule has 1 aromatic rings. The van der Waals surface area contributed by atoms with Crippen molar-refractivity contribution in [1.29, 1.82) is 0 Å². The maximum Gasteiger partial charge on any atom is 0.254 e. The number of carbonyl (C=O) groups excluding carboxylic acids is 1. The molecule has 0 heterocycles. The lowest BCUT2D eigenvalue weighted by Crippen LogP contribution is -2.44. The highest BCUT2D eigenvalue weighted by Gasteiger charge is 2.22. The second-order valence-electron chi connectivity index (χ2n) is 4.03. The highest BCUT2D eigenvalue weighted by molar-refractivity contribution is 9.10. The first-order valence-corrected chi connectivity index (χ1v) is 6.19. The third-order valence-electron chi connectivity index (χ3n) is 2.94. The molecule has 0 aliphatic rings. The molecule has 0 spiro atoms. The van der Waals surface area contributed by atoms with Crippen LogP contribution in [0.25, 0.3) is 0 Å². The summed E-state index contributed by atoms with van der Waals surface area (Å²) in [5.74, 6) is -0.175. The number of benzene rings is 1. The molecule has 0 aromatic heterocycles. The molecule has 0 saturated carbocycles. The maximum absolute atomic E-state index is 12.3. The molecule has 0 bridgehead atoms. The molecule has 1 rings (SSSR count). The lowest BCUT2D eigenvalue weighted by Gasteiger charge is -2.24. The van der Waals surface area contributed by atoms with Gasteiger partial charge in [-0.1, -0.05) is 27.2 Å². The first-order chi connectivity index (χ1) is 8.40. The van der Waals surface area contributed by atoms with Crippen molar-refractivity contribution < 1.29 is 10.0 Å². The van der Waals surface area contributed by atoms with Crippen LogP contribution in [-0.2, 0) is 0 Å². The fraction of sp³-hybridized carbons (Fsp3) is 0.333. The lowest BCUT2D eigenvalue weighted by molar-refractivity contribution is 0.0775. The van der Waals surface area contributed by atoms with E-state index in [0.717, 1.165) is 10.0 Å². The monoisotopic (exact) mass is 313 g/mol. The summed E-state index contributed by atoms with van der Waals surface area (Å²) in [5.41, 5.74) is 6.95. The van der Waals surface area contributed by atoms with Crippen molar-refractivity contribution in [3.05, 3.63) is 33.8 Å². The van der Waals surface area contributed by atoms with Crippen LogP contribution in [0, 0.1) is 6.92 Å². The van der Waals surface area contributed by atoms with Gasteiger partial charge in [-0.2, -0.15) is 0 Å². The molecule has 0 saturated heterocycles. The SMILES string of the molecule is Cc1c(Br)cccc1C(=O)N(C)C(C)C(N)=NO. The van der Waals surface area contributed by atoms with Gasteiger partial charge in [0.1, 0.15) is 0 Å². The Bertz CT molecular complexity index is 488. The van der Waals surface area contributed by atoms with Crippen LogP contribution in [0.1, 0.15) is 22.8 Å². The Balaban J connectivity index is 3.04. The van der Waals surface area contributed by atoms with E-state index in [9.17, 15) is 4.79 Å². The summed E-state index contributed by atoms with van der Waals surface area (Å²) in [6.45, 7) is 3.56. The summed E-state index contributed by atoms with van der Waals surface area (Å²) in [4.78, 5) is 13.7. The molecule has 0 fully saturated rings. The molecular formula is C12H16BrN3O2. The van der Waals surface area contributed by atoms with Gasteiger partial charge in [-0.15, -0.1) is 0 Å². The first-order valence-electron chi connectivity index (χ1n) is 5.39. The predicted molar refractivity (Wildman–Crippen MR) is 73.8 cm³/mol. The van der Waals surface area contributed by atoms with Crippen LogP contribution in [0.15, 0.2) is 27.8 Å². The molecule has 6 heteroatoms. The highest BCUT2D eigenvalue weighted by Crippen LogP contribution is 2.21. The minimum Gasteiger partial charge on any atom is -0.409 e. The van der Waals surface area contributed by atoms with Crippen molar-refractivity contribution in [1.82, 2.24) is 4.90 Å². The van der Waals surface area contributed by atoms with Gasteiger partial charge in [0.15, 0.2) is 5.84 Å². The molecule has 1 atom stereocenters. The first kappa shape index (κ1) is 14.5. The van der Waals surface area contributed by atoms with E-state index >= 15 is 0 Å². The number of oxime groups is 1. The zero-order valence-corrected chi connectivity index (χ0v) is 12.1. The van der Waals surface area contributed by atoms with Crippen LogP contribution in [0.4, 0.5) is 0 Å². The van der Waals surface area contributed by atoms with Gasteiger partial charge in [0, 0.05) is 17.1 Å². The van der Waals surface area contributed by atoms with Crippen LogP contribution in [0.2, 0.25) is 0 Å². The molecule has 0 aliphatic carbocycles. The minimum absolute atomic E-state index is 0.00139. The molecule has 98 valence electrons. The fourth-order valence-electron chi connectivity index (χ4n) is 1.49.